The van der Waals surface area contributed by atoms with E-state index in [9.17, 15) is 14.4 Å². The largest absolute Gasteiger partial charge is 0.493 e. The van der Waals surface area contributed by atoms with E-state index in [4.69, 9.17) is 14.2 Å². The van der Waals surface area contributed by atoms with E-state index in [1.807, 2.05) is 13.0 Å². The SMILES string of the molecule is CCOC(=O)C1=C(C)N=c2s/c(=C3\C(=O)Nc4ccc(Br)cc43)c(=O)n2[C@@H]1c1cc(OCC)c(OC)cc1Br. The number of hydrogen-bond donors (Lipinski definition) is 1. The lowest BCUT2D eigenvalue weighted by atomic mass is 9.95. The zero-order valence-corrected chi connectivity index (χ0v) is 25.4. The van der Waals surface area contributed by atoms with E-state index in [1.54, 1.807) is 38.1 Å². The molecule has 9 nitrogen and oxygen atoms in total. The first kappa shape index (κ1) is 27.4. The minimum Gasteiger partial charge on any atom is -0.493 e. The Balaban J connectivity index is 1.85. The van der Waals surface area contributed by atoms with Crippen molar-refractivity contribution in [3.63, 3.8) is 0 Å². The van der Waals surface area contributed by atoms with Crippen molar-refractivity contribution >= 4 is 66.3 Å². The number of nitrogens with one attached hydrogen (secondary N) is 1. The minimum atomic E-state index is -0.902. The van der Waals surface area contributed by atoms with Gasteiger partial charge in [0, 0.05) is 20.2 Å². The van der Waals surface area contributed by atoms with E-state index in [0.29, 0.717) is 49.9 Å². The van der Waals surface area contributed by atoms with Crippen LogP contribution in [0.15, 0.2) is 60.3 Å². The maximum Gasteiger partial charge on any atom is 0.338 e. The summed E-state index contributed by atoms with van der Waals surface area (Å²) in [6.45, 7) is 5.80. The summed E-state index contributed by atoms with van der Waals surface area (Å²) < 4.78 is 19.7. The van der Waals surface area contributed by atoms with Crippen LogP contribution in [-0.4, -0.2) is 36.8 Å². The standard InChI is InChI=1S/C27H23Br2N3O6S/c1-5-37-19-10-14(16(29)11-18(19)36-4)22-20(26(35)38-6-2)12(3)30-27-32(22)25(34)23(39-27)21-15-9-13(28)7-8-17(15)31-24(21)33/h7-11,22H,5-6H2,1-4H3,(H,31,33)/b23-21-/t22-/m1/s1. The van der Waals surface area contributed by atoms with Crippen molar-refractivity contribution in [3.05, 3.63) is 81.4 Å². The molecule has 0 saturated carbocycles. The van der Waals surface area contributed by atoms with E-state index in [2.05, 4.69) is 42.2 Å². The molecular weight excluding hydrogens is 654 g/mol. The van der Waals surface area contributed by atoms with E-state index >= 15 is 0 Å². The van der Waals surface area contributed by atoms with Gasteiger partial charge in [0.2, 0.25) is 0 Å². The number of ether oxygens (including phenoxy) is 3. The highest BCUT2D eigenvalue weighted by Crippen LogP contribution is 2.41. The maximum absolute atomic E-state index is 14.2. The van der Waals surface area contributed by atoms with Crippen LogP contribution in [0, 0.1) is 0 Å². The number of rotatable bonds is 6. The number of nitrogens with zero attached hydrogens (tertiary/aromatic N) is 2. The van der Waals surface area contributed by atoms with Crippen LogP contribution >= 0.6 is 43.2 Å². The lowest BCUT2D eigenvalue weighted by molar-refractivity contribution is -0.139. The summed E-state index contributed by atoms with van der Waals surface area (Å²) >= 11 is 8.16. The van der Waals surface area contributed by atoms with Crippen LogP contribution in [0.2, 0.25) is 0 Å². The molecule has 5 rings (SSSR count). The van der Waals surface area contributed by atoms with Crippen LogP contribution in [0.3, 0.4) is 0 Å². The number of aromatic nitrogens is 1. The van der Waals surface area contributed by atoms with Crippen LogP contribution < -0.4 is 29.7 Å². The topological polar surface area (TPSA) is 108 Å². The van der Waals surface area contributed by atoms with E-state index < -0.39 is 17.6 Å². The Morgan fingerprint density at radius 3 is 2.59 bits per heavy atom. The molecule has 2 aromatic carbocycles. The molecule has 1 amide bonds. The zero-order valence-electron chi connectivity index (χ0n) is 21.4. The third-order valence-corrected chi connectivity index (χ3v) is 8.56. The number of methoxy groups -OCH3 is 1. The van der Waals surface area contributed by atoms with Crippen LogP contribution in [0.25, 0.3) is 5.57 Å². The van der Waals surface area contributed by atoms with Gasteiger partial charge >= 0.3 is 5.97 Å². The number of esters is 1. The van der Waals surface area contributed by atoms with Crippen LogP contribution in [0.1, 0.15) is 37.9 Å². The molecule has 1 N–H and O–H groups in total. The number of hydrogen-bond acceptors (Lipinski definition) is 8. The molecule has 0 spiro atoms. The molecule has 39 heavy (non-hydrogen) atoms. The molecule has 2 aliphatic heterocycles. The van der Waals surface area contributed by atoms with Crippen molar-refractivity contribution in [2.24, 2.45) is 4.99 Å². The van der Waals surface area contributed by atoms with E-state index in [1.165, 1.54) is 11.7 Å². The fraction of sp³-hybridized carbons (Fsp3) is 0.259. The molecule has 0 bridgehead atoms. The summed E-state index contributed by atoms with van der Waals surface area (Å²) in [7, 11) is 1.53. The summed E-state index contributed by atoms with van der Waals surface area (Å²) in [5, 5.41) is 2.83. The second kappa shape index (κ2) is 10.7. The van der Waals surface area contributed by atoms with Crippen molar-refractivity contribution in [1.29, 1.82) is 0 Å². The summed E-state index contributed by atoms with van der Waals surface area (Å²) in [6.07, 6.45) is 0. The van der Waals surface area contributed by atoms with Crippen molar-refractivity contribution in [2.45, 2.75) is 26.8 Å². The summed E-state index contributed by atoms with van der Waals surface area (Å²) in [5.41, 5.74) is 2.25. The molecule has 202 valence electrons. The Hall–Kier alpha value is -3.22. The molecule has 1 atom stereocenters. The molecule has 0 aliphatic carbocycles. The highest BCUT2D eigenvalue weighted by Gasteiger charge is 2.36. The Labute approximate surface area is 244 Å². The number of carbonyl (C=O) groups excluding carboxylic acids is 2. The molecule has 3 aromatic rings. The third kappa shape index (κ3) is 4.64. The number of benzene rings is 2. The minimum absolute atomic E-state index is 0.150. The van der Waals surface area contributed by atoms with Crippen molar-refractivity contribution in [2.75, 3.05) is 25.6 Å². The van der Waals surface area contributed by atoms with Crippen molar-refractivity contribution < 1.29 is 23.8 Å². The van der Waals surface area contributed by atoms with Crippen molar-refractivity contribution in [3.8, 4) is 11.5 Å². The quantitative estimate of drug-likeness (QED) is 0.395. The predicted octanol–water partition coefficient (Wildman–Crippen LogP) is 4.05. The molecule has 0 unspecified atom stereocenters. The predicted molar refractivity (Wildman–Crippen MR) is 154 cm³/mol. The third-order valence-electron chi connectivity index (χ3n) is 6.32. The molecule has 0 fully saturated rings. The smallest absolute Gasteiger partial charge is 0.338 e. The summed E-state index contributed by atoms with van der Waals surface area (Å²) in [4.78, 5) is 45.5. The molecule has 12 heteroatoms. The molecule has 3 heterocycles. The van der Waals surface area contributed by atoms with Crippen LogP contribution in [-0.2, 0) is 14.3 Å². The number of amides is 1. The zero-order chi connectivity index (χ0) is 28.0. The fourth-order valence-electron chi connectivity index (χ4n) is 4.69. The van der Waals surface area contributed by atoms with Gasteiger partial charge in [-0.2, -0.15) is 0 Å². The van der Waals surface area contributed by atoms with Gasteiger partial charge < -0.3 is 19.5 Å². The monoisotopic (exact) mass is 675 g/mol. The molecule has 0 radical (unpaired) electrons. The van der Waals surface area contributed by atoms with Gasteiger partial charge in [0.1, 0.15) is 4.53 Å². The Bertz CT molecular complexity index is 1760. The average molecular weight is 677 g/mol. The molecular formula is C27H23Br2N3O6S. The highest BCUT2D eigenvalue weighted by molar-refractivity contribution is 9.10. The Morgan fingerprint density at radius 1 is 1.13 bits per heavy atom. The van der Waals surface area contributed by atoms with Gasteiger partial charge in [-0.15, -0.1) is 0 Å². The maximum atomic E-state index is 14.2. The second-order valence-corrected chi connectivity index (χ2v) is 11.3. The Kier molecular flexibility index (Phi) is 7.53. The lowest BCUT2D eigenvalue weighted by Gasteiger charge is -2.26. The highest BCUT2D eigenvalue weighted by atomic mass is 79.9. The van der Waals surface area contributed by atoms with Crippen LogP contribution in [0.5, 0.6) is 11.5 Å². The fourth-order valence-corrected chi connectivity index (χ4v) is 6.73. The molecule has 1 aromatic heterocycles. The average Bonchev–Trinajstić information content (AvgIpc) is 3.38. The first-order valence-electron chi connectivity index (χ1n) is 12.0. The van der Waals surface area contributed by atoms with Gasteiger partial charge in [-0.3, -0.25) is 14.2 Å². The number of halogens is 2. The molecule has 2 aliphatic rings. The number of carbonyl (C=O) groups is 2. The van der Waals surface area contributed by atoms with Gasteiger partial charge in [-0.05, 0) is 56.7 Å². The normalized spacial score (nSPS) is 17.3. The van der Waals surface area contributed by atoms with Gasteiger partial charge in [0.15, 0.2) is 16.3 Å². The van der Waals surface area contributed by atoms with Gasteiger partial charge in [-0.25, -0.2) is 9.79 Å². The Morgan fingerprint density at radius 2 is 1.90 bits per heavy atom. The van der Waals surface area contributed by atoms with Crippen molar-refractivity contribution in [1.82, 2.24) is 4.57 Å². The lowest BCUT2D eigenvalue weighted by Crippen LogP contribution is -2.40. The number of thiazole rings is 1. The van der Waals surface area contributed by atoms with Gasteiger partial charge in [0.25, 0.3) is 11.5 Å². The molecule has 0 saturated heterocycles. The number of anilines is 1. The number of allylic oxidation sites excluding steroid dienone is 1. The first-order valence-corrected chi connectivity index (χ1v) is 14.4. The summed E-state index contributed by atoms with van der Waals surface area (Å²) in [6, 6.07) is 7.95. The first-order chi connectivity index (χ1) is 18.7. The van der Waals surface area contributed by atoms with E-state index in [0.717, 1.165) is 15.8 Å². The van der Waals surface area contributed by atoms with Crippen LogP contribution in [0.4, 0.5) is 5.69 Å². The van der Waals surface area contributed by atoms with E-state index in [-0.39, 0.29) is 28.2 Å². The van der Waals surface area contributed by atoms with Gasteiger partial charge in [-0.1, -0.05) is 43.2 Å². The van der Waals surface area contributed by atoms with Gasteiger partial charge in [0.05, 0.1) is 43.2 Å². The second-order valence-electron chi connectivity index (χ2n) is 8.60. The summed E-state index contributed by atoms with van der Waals surface area (Å²) in [5.74, 6) is -0.0222. The number of fused-ring (bicyclic) bond motifs is 2.